The van der Waals surface area contributed by atoms with Crippen LogP contribution in [0.25, 0.3) is 0 Å². The van der Waals surface area contributed by atoms with Gasteiger partial charge in [-0.1, -0.05) is 60.5 Å². The van der Waals surface area contributed by atoms with E-state index in [1.807, 2.05) is 18.2 Å². The lowest BCUT2D eigenvalue weighted by atomic mass is 9.98. The maximum atomic E-state index is 6.21. The molecule has 0 aliphatic rings. The van der Waals surface area contributed by atoms with Gasteiger partial charge in [0.25, 0.3) is 0 Å². The Balaban J connectivity index is 1.92. The minimum atomic E-state index is 0.508. The van der Waals surface area contributed by atoms with Gasteiger partial charge in [-0.25, -0.2) is 0 Å². The van der Waals surface area contributed by atoms with Crippen molar-refractivity contribution in [3.63, 3.8) is 0 Å². The van der Waals surface area contributed by atoms with Gasteiger partial charge >= 0.3 is 0 Å². The van der Waals surface area contributed by atoms with Crippen molar-refractivity contribution in [3.05, 3.63) is 62.5 Å². The van der Waals surface area contributed by atoms with E-state index in [-0.39, 0.29) is 0 Å². The van der Waals surface area contributed by atoms with Crippen LogP contribution in [-0.2, 0) is 0 Å². The van der Waals surface area contributed by atoms with Gasteiger partial charge in [0.2, 0.25) is 0 Å². The fourth-order valence-electron chi connectivity index (χ4n) is 2.03. The first-order valence-electron chi connectivity index (χ1n) is 6.52. The molecular formula is C16H16BrCl2N. The zero-order valence-corrected chi connectivity index (χ0v) is 14.3. The van der Waals surface area contributed by atoms with Crippen LogP contribution in [0.1, 0.15) is 24.8 Å². The Morgan fingerprint density at radius 1 is 1.05 bits per heavy atom. The molecule has 2 rings (SSSR count). The van der Waals surface area contributed by atoms with E-state index < -0.39 is 0 Å². The second-order valence-electron chi connectivity index (χ2n) is 4.75. The molecule has 1 unspecified atom stereocenters. The molecule has 20 heavy (non-hydrogen) atoms. The summed E-state index contributed by atoms with van der Waals surface area (Å²) in [6, 6.07) is 14.3. The minimum Gasteiger partial charge on any atom is -0.384 e. The summed E-state index contributed by atoms with van der Waals surface area (Å²) in [6.07, 6.45) is 1.04. The highest BCUT2D eigenvalue weighted by Crippen LogP contribution is 2.35. The topological polar surface area (TPSA) is 12.0 Å². The monoisotopic (exact) mass is 371 g/mol. The molecule has 1 nitrogen and oxygen atoms in total. The van der Waals surface area contributed by atoms with Gasteiger partial charge in [-0.2, -0.15) is 0 Å². The third kappa shape index (κ3) is 3.91. The molecular weight excluding hydrogens is 357 g/mol. The van der Waals surface area contributed by atoms with Gasteiger partial charge < -0.3 is 5.32 Å². The molecule has 0 spiro atoms. The smallest absolute Gasteiger partial charge is 0.0835 e. The van der Waals surface area contributed by atoms with Crippen LogP contribution >= 0.6 is 39.1 Å². The normalized spacial score (nSPS) is 12.2. The highest BCUT2D eigenvalue weighted by molar-refractivity contribution is 9.10. The average molecular weight is 373 g/mol. The molecule has 0 radical (unpaired) electrons. The maximum Gasteiger partial charge on any atom is 0.0835 e. The number of anilines is 1. The lowest BCUT2D eigenvalue weighted by Crippen LogP contribution is -2.06. The van der Waals surface area contributed by atoms with E-state index in [1.165, 1.54) is 5.56 Å². The molecule has 0 saturated carbocycles. The number of halogens is 3. The maximum absolute atomic E-state index is 6.21. The van der Waals surface area contributed by atoms with E-state index in [4.69, 9.17) is 23.2 Å². The first-order chi connectivity index (χ1) is 9.59. The van der Waals surface area contributed by atoms with Gasteiger partial charge in [-0.3, -0.25) is 0 Å². The number of hydrogen-bond acceptors (Lipinski definition) is 1. The SMILES string of the molecule is CC(CCNc1ccc(Br)c(Cl)c1Cl)c1ccccc1. The first-order valence-corrected chi connectivity index (χ1v) is 8.07. The number of rotatable bonds is 5. The van der Waals surface area contributed by atoms with E-state index in [0.717, 1.165) is 23.1 Å². The molecule has 106 valence electrons. The van der Waals surface area contributed by atoms with Crippen LogP contribution in [-0.4, -0.2) is 6.54 Å². The van der Waals surface area contributed by atoms with Crippen molar-refractivity contribution in [2.75, 3.05) is 11.9 Å². The van der Waals surface area contributed by atoms with Crippen molar-refractivity contribution in [3.8, 4) is 0 Å². The summed E-state index contributed by atoms with van der Waals surface area (Å²) in [5.41, 5.74) is 2.23. The second-order valence-corrected chi connectivity index (χ2v) is 6.36. The average Bonchev–Trinajstić information content (AvgIpc) is 2.48. The van der Waals surface area contributed by atoms with Crippen molar-refractivity contribution in [1.29, 1.82) is 0 Å². The van der Waals surface area contributed by atoms with Crippen LogP contribution in [0.2, 0.25) is 10.0 Å². The molecule has 0 saturated heterocycles. The largest absolute Gasteiger partial charge is 0.384 e. The molecule has 2 aromatic rings. The molecule has 4 heteroatoms. The molecule has 1 atom stereocenters. The van der Waals surface area contributed by atoms with Crippen molar-refractivity contribution in [1.82, 2.24) is 0 Å². The van der Waals surface area contributed by atoms with E-state index in [9.17, 15) is 0 Å². The van der Waals surface area contributed by atoms with Crippen LogP contribution in [0.4, 0.5) is 5.69 Å². The predicted octanol–water partition coefficient (Wildman–Crippen LogP) is 6.36. The summed E-state index contributed by atoms with van der Waals surface area (Å²) in [4.78, 5) is 0. The Morgan fingerprint density at radius 2 is 1.75 bits per heavy atom. The highest BCUT2D eigenvalue weighted by atomic mass is 79.9. The molecule has 0 amide bonds. The van der Waals surface area contributed by atoms with Crippen molar-refractivity contribution < 1.29 is 0 Å². The van der Waals surface area contributed by atoms with Gasteiger partial charge in [0.15, 0.2) is 0 Å². The Kier molecular flexibility index (Phi) is 5.76. The van der Waals surface area contributed by atoms with Crippen molar-refractivity contribution in [2.45, 2.75) is 19.3 Å². The standard InChI is InChI=1S/C16H16BrCl2N/c1-11(12-5-3-2-4-6-12)9-10-20-14-8-7-13(17)15(18)16(14)19/h2-8,11,20H,9-10H2,1H3. The third-order valence-electron chi connectivity index (χ3n) is 3.30. The molecule has 0 bridgehead atoms. The summed E-state index contributed by atoms with van der Waals surface area (Å²) >= 11 is 15.7. The molecule has 2 aromatic carbocycles. The zero-order valence-electron chi connectivity index (χ0n) is 11.2. The quantitative estimate of drug-likeness (QED) is 0.602. The van der Waals surface area contributed by atoms with Crippen LogP contribution in [0.5, 0.6) is 0 Å². The summed E-state index contributed by atoms with van der Waals surface area (Å²) in [7, 11) is 0. The fourth-order valence-corrected chi connectivity index (χ4v) is 2.87. The molecule has 1 N–H and O–H groups in total. The Hall–Kier alpha value is -0.700. The van der Waals surface area contributed by atoms with E-state index in [0.29, 0.717) is 16.0 Å². The predicted molar refractivity (Wildman–Crippen MR) is 92.1 cm³/mol. The minimum absolute atomic E-state index is 0.508. The van der Waals surface area contributed by atoms with Crippen LogP contribution in [0, 0.1) is 0 Å². The summed E-state index contributed by atoms with van der Waals surface area (Å²) in [5, 5.41) is 4.46. The summed E-state index contributed by atoms with van der Waals surface area (Å²) in [6.45, 7) is 3.08. The van der Waals surface area contributed by atoms with Gasteiger partial charge in [0.05, 0.1) is 15.7 Å². The Labute approximate surface area is 138 Å². The Bertz CT molecular complexity index is 572. The van der Waals surface area contributed by atoms with Crippen LogP contribution in [0.3, 0.4) is 0 Å². The molecule has 0 aromatic heterocycles. The molecule has 0 fully saturated rings. The fraction of sp³-hybridized carbons (Fsp3) is 0.250. The number of benzene rings is 2. The second kappa shape index (κ2) is 7.35. The zero-order chi connectivity index (χ0) is 14.5. The third-order valence-corrected chi connectivity index (χ3v) is 5.07. The Morgan fingerprint density at radius 3 is 2.45 bits per heavy atom. The lowest BCUT2D eigenvalue weighted by Gasteiger charge is -2.14. The van der Waals surface area contributed by atoms with Gasteiger partial charge in [-0.15, -0.1) is 0 Å². The van der Waals surface area contributed by atoms with Crippen LogP contribution in [0.15, 0.2) is 46.9 Å². The van der Waals surface area contributed by atoms with Gasteiger partial charge in [-0.05, 0) is 46.0 Å². The lowest BCUT2D eigenvalue weighted by molar-refractivity contribution is 0.706. The van der Waals surface area contributed by atoms with Gasteiger partial charge in [0, 0.05) is 11.0 Å². The highest BCUT2D eigenvalue weighted by Gasteiger charge is 2.09. The van der Waals surface area contributed by atoms with Crippen molar-refractivity contribution >= 4 is 44.8 Å². The molecule has 0 heterocycles. The van der Waals surface area contributed by atoms with Crippen molar-refractivity contribution in [2.24, 2.45) is 0 Å². The molecule has 0 aliphatic carbocycles. The van der Waals surface area contributed by atoms with E-state index >= 15 is 0 Å². The summed E-state index contributed by atoms with van der Waals surface area (Å²) < 4.78 is 0.812. The first kappa shape index (κ1) is 15.7. The molecule has 0 aliphatic heterocycles. The number of hydrogen-bond donors (Lipinski definition) is 1. The van der Waals surface area contributed by atoms with E-state index in [2.05, 4.69) is 52.4 Å². The summed E-state index contributed by atoms with van der Waals surface area (Å²) in [5.74, 6) is 0.508. The van der Waals surface area contributed by atoms with Gasteiger partial charge in [0.1, 0.15) is 0 Å². The number of nitrogens with one attached hydrogen (secondary N) is 1. The van der Waals surface area contributed by atoms with E-state index in [1.54, 1.807) is 0 Å². The van der Waals surface area contributed by atoms with Crippen LogP contribution < -0.4 is 5.32 Å².